The molecule has 0 atom stereocenters. The predicted octanol–water partition coefficient (Wildman–Crippen LogP) is 1.82. The molecule has 0 saturated carbocycles. The van der Waals surface area contributed by atoms with Gasteiger partial charge in [-0.15, -0.1) is 0 Å². The number of nitrogens with zero attached hydrogens (tertiary/aromatic N) is 3. The summed E-state index contributed by atoms with van der Waals surface area (Å²) in [6.07, 6.45) is 2.58. The van der Waals surface area contributed by atoms with Crippen molar-refractivity contribution >= 4 is 15.9 Å². The average Bonchev–Trinajstić information content (AvgIpc) is 2.83. The molecule has 84 valence electrons. The normalized spacial score (nSPS) is 16.4. The Bertz CT molecular complexity index is 519. The SMILES string of the molecule is CN1CCc2[nH]nc(-c3nocc3Br)c2C1. The fourth-order valence-corrected chi connectivity index (χ4v) is 2.35. The number of likely N-dealkylation sites (N-methyl/N-ethyl adjacent to an activating group) is 1. The highest BCUT2D eigenvalue weighted by Crippen LogP contribution is 2.31. The van der Waals surface area contributed by atoms with Crippen LogP contribution in [0.25, 0.3) is 11.4 Å². The maximum absolute atomic E-state index is 4.92. The van der Waals surface area contributed by atoms with Gasteiger partial charge in [-0.1, -0.05) is 5.16 Å². The van der Waals surface area contributed by atoms with Crippen LogP contribution in [0.1, 0.15) is 11.3 Å². The number of halogens is 1. The van der Waals surface area contributed by atoms with Gasteiger partial charge in [-0.05, 0) is 23.0 Å². The van der Waals surface area contributed by atoms with Crippen LogP contribution < -0.4 is 0 Å². The van der Waals surface area contributed by atoms with Gasteiger partial charge in [0.2, 0.25) is 0 Å². The molecule has 1 aliphatic rings. The van der Waals surface area contributed by atoms with E-state index in [1.54, 1.807) is 6.26 Å². The molecule has 1 aliphatic heterocycles. The monoisotopic (exact) mass is 282 g/mol. The third-order valence-corrected chi connectivity index (χ3v) is 3.44. The minimum atomic E-state index is 0.771. The van der Waals surface area contributed by atoms with Crippen LogP contribution in [0.4, 0.5) is 0 Å². The van der Waals surface area contributed by atoms with E-state index in [4.69, 9.17) is 4.52 Å². The highest BCUT2D eigenvalue weighted by molar-refractivity contribution is 9.10. The molecule has 6 heteroatoms. The number of aromatic amines is 1. The van der Waals surface area contributed by atoms with Crippen LogP contribution in [0, 0.1) is 0 Å². The predicted molar refractivity (Wildman–Crippen MR) is 61.8 cm³/mol. The summed E-state index contributed by atoms with van der Waals surface area (Å²) in [6.45, 7) is 1.97. The molecule has 3 heterocycles. The Morgan fingerprint density at radius 2 is 2.38 bits per heavy atom. The molecule has 0 fully saturated rings. The molecule has 0 amide bonds. The summed E-state index contributed by atoms with van der Waals surface area (Å²) in [6, 6.07) is 0. The summed E-state index contributed by atoms with van der Waals surface area (Å²) >= 11 is 3.41. The molecule has 2 aromatic rings. The van der Waals surface area contributed by atoms with Gasteiger partial charge in [0, 0.05) is 30.8 Å². The molecule has 1 N–H and O–H groups in total. The minimum Gasteiger partial charge on any atom is -0.363 e. The van der Waals surface area contributed by atoms with Crippen LogP contribution in [0.5, 0.6) is 0 Å². The Balaban J connectivity index is 2.10. The Labute approximate surface area is 101 Å². The number of fused-ring (bicyclic) bond motifs is 1. The van der Waals surface area contributed by atoms with E-state index in [1.165, 1.54) is 11.3 Å². The quantitative estimate of drug-likeness (QED) is 0.867. The van der Waals surface area contributed by atoms with Crippen molar-refractivity contribution in [3.8, 4) is 11.4 Å². The summed E-state index contributed by atoms with van der Waals surface area (Å²) in [7, 11) is 2.11. The standard InChI is InChI=1S/C10H11BrN4O/c1-15-3-2-8-6(4-15)9(13-12-8)10-7(11)5-16-14-10/h5H,2-4H2,1H3,(H,12,13). The van der Waals surface area contributed by atoms with E-state index in [1.807, 2.05) is 0 Å². The van der Waals surface area contributed by atoms with Gasteiger partial charge in [0.05, 0.1) is 4.47 Å². The van der Waals surface area contributed by atoms with E-state index >= 15 is 0 Å². The third-order valence-electron chi connectivity index (χ3n) is 2.88. The molecular formula is C10H11BrN4O. The van der Waals surface area contributed by atoms with Crippen molar-refractivity contribution in [2.75, 3.05) is 13.6 Å². The zero-order valence-electron chi connectivity index (χ0n) is 8.83. The number of H-pyrrole nitrogens is 1. The second kappa shape index (κ2) is 3.71. The van der Waals surface area contributed by atoms with Crippen LogP contribution >= 0.6 is 15.9 Å². The highest BCUT2D eigenvalue weighted by atomic mass is 79.9. The third kappa shape index (κ3) is 1.49. The first-order valence-corrected chi connectivity index (χ1v) is 5.90. The molecule has 0 aromatic carbocycles. The lowest BCUT2D eigenvalue weighted by Gasteiger charge is -2.21. The molecule has 0 unspecified atom stereocenters. The van der Waals surface area contributed by atoms with Gasteiger partial charge in [0.1, 0.15) is 17.7 Å². The molecule has 16 heavy (non-hydrogen) atoms. The lowest BCUT2D eigenvalue weighted by atomic mass is 10.0. The lowest BCUT2D eigenvalue weighted by Crippen LogP contribution is -2.26. The van der Waals surface area contributed by atoms with Gasteiger partial charge < -0.3 is 9.42 Å². The van der Waals surface area contributed by atoms with Gasteiger partial charge >= 0.3 is 0 Å². The van der Waals surface area contributed by atoms with E-state index in [9.17, 15) is 0 Å². The molecule has 2 aromatic heterocycles. The molecule has 0 saturated heterocycles. The number of aromatic nitrogens is 3. The number of nitrogens with one attached hydrogen (secondary N) is 1. The Morgan fingerprint density at radius 1 is 1.50 bits per heavy atom. The van der Waals surface area contributed by atoms with Crippen molar-refractivity contribution in [1.29, 1.82) is 0 Å². The Kier molecular flexibility index (Phi) is 2.33. The van der Waals surface area contributed by atoms with Crippen molar-refractivity contribution in [2.45, 2.75) is 13.0 Å². The van der Waals surface area contributed by atoms with Crippen LogP contribution in [0.15, 0.2) is 15.3 Å². The van der Waals surface area contributed by atoms with Crippen LogP contribution in [0.2, 0.25) is 0 Å². The van der Waals surface area contributed by atoms with E-state index < -0.39 is 0 Å². The average molecular weight is 283 g/mol. The zero-order chi connectivity index (χ0) is 11.1. The summed E-state index contributed by atoms with van der Waals surface area (Å²) in [4.78, 5) is 2.27. The first kappa shape index (κ1) is 10.0. The summed E-state index contributed by atoms with van der Waals surface area (Å²) in [5.41, 5.74) is 4.10. The van der Waals surface area contributed by atoms with Crippen molar-refractivity contribution in [3.05, 3.63) is 22.0 Å². The Morgan fingerprint density at radius 3 is 3.12 bits per heavy atom. The summed E-state index contributed by atoms with van der Waals surface area (Å²) in [5, 5.41) is 11.4. The van der Waals surface area contributed by atoms with E-state index in [0.717, 1.165) is 35.4 Å². The van der Waals surface area contributed by atoms with Crippen LogP contribution in [0.3, 0.4) is 0 Å². The van der Waals surface area contributed by atoms with Gasteiger partial charge in [-0.25, -0.2) is 0 Å². The van der Waals surface area contributed by atoms with Crippen molar-refractivity contribution in [2.24, 2.45) is 0 Å². The highest BCUT2D eigenvalue weighted by Gasteiger charge is 2.23. The number of rotatable bonds is 1. The van der Waals surface area contributed by atoms with Crippen molar-refractivity contribution in [3.63, 3.8) is 0 Å². The molecule has 3 rings (SSSR count). The van der Waals surface area contributed by atoms with Gasteiger partial charge in [-0.3, -0.25) is 5.10 Å². The first-order valence-electron chi connectivity index (χ1n) is 5.10. The topological polar surface area (TPSA) is 58.0 Å². The van der Waals surface area contributed by atoms with Crippen LogP contribution in [-0.2, 0) is 13.0 Å². The lowest BCUT2D eigenvalue weighted by molar-refractivity contribution is 0.312. The number of hydrogen-bond donors (Lipinski definition) is 1. The zero-order valence-corrected chi connectivity index (χ0v) is 10.4. The molecule has 0 aliphatic carbocycles. The van der Waals surface area contributed by atoms with Gasteiger partial charge in [-0.2, -0.15) is 5.10 Å². The van der Waals surface area contributed by atoms with Gasteiger partial charge in [0.25, 0.3) is 0 Å². The second-order valence-corrected chi connectivity index (χ2v) is 4.88. The maximum atomic E-state index is 4.92. The molecule has 0 spiro atoms. The minimum absolute atomic E-state index is 0.771. The van der Waals surface area contributed by atoms with E-state index in [2.05, 4.69) is 43.2 Å². The Hall–Kier alpha value is -1.14. The van der Waals surface area contributed by atoms with E-state index in [0.29, 0.717) is 0 Å². The van der Waals surface area contributed by atoms with E-state index in [-0.39, 0.29) is 0 Å². The molecular weight excluding hydrogens is 272 g/mol. The largest absolute Gasteiger partial charge is 0.363 e. The van der Waals surface area contributed by atoms with Crippen LogP contribution in [-0.4, -0.2) is 33.8 Å². The molecule has 0 radical (unpaired) electrons. The smallest absolute Gasteiger partial charge is 0.148 e. The summed E-state index contributed by atoms with van der Waals surface area (Å²) in [5.74, 6) is 0. The van der Waals surface area contributed by atoms with Crippen molar-refractivity contribution in [1.82, 2.24) is 20.3 Å². The summed E-state index contributed by atoms with van der Waals surface area (Å²) < 4.78 is 5.77. The fourth-order valence-electron chi connectivity index (χ4n) is 2.01. The maximum Gasteiger partial charge on any atom is 0.148 e. The van der Waals surface area contributed by atoms with Gasteiger partial charge in [0.15, 0.2) is 0 Å². The first-order chi connectivity index (χ1) is 7.75. The fraction of sp³-hybridized carbons (Fsp3) is 0.400. The second-order valence-electron chi connectivity index (χ2n) is 4.03. The molecule has 0 bridgehead atoms. The number of hydrogen-bond acceptors (Lipinski definition) is 4. The molecule has 5 nitrogen and oxygen atoms in total. The van der Waals surface area contributed by atoms with Crippen molar-refractivity contribution < 1.29 is 4.52 Å².